The van der Waals surface area contributed by atoms with Crippen LogP contribution in [0.2, 0.25) is 0 Å². The van der Waals surface area contributed by atoms with Crippen molar-refractivity contribution >= 4 is 34.2 Å². The molecule has 0 aliphatic rings. The largest absolute Gasteiger partial charge is 0.481 e. The molecule has 0 aliphatic carbocycles. The number of carboxylic acids is 1. The highest BCUT2D eigenvalue weighted by molar-refractivity contribution is 6.09. The molecule has 0 aliphatic heterocycles. The Morgan fingerprint density at radius 3 is 2.29 bits per heavy atom. The Bertz CT molecular complexity index is 1350. The van der Waals surface area contributed by atoms with Crippen LogP contribution in [0.25, 0.3) is 10.8 Å². The van der Waals surface area contributed by atoms with Gasteiger partial charge in [-0.05, 0) is 47.5 Å². The maximum atomic E-state index is 13.2. The van der Waals surface area contributed by atoms with Crippen molar-refractivity contribution in [3.05, 3.63) is 103 Å². The van der Waals surface area contributed by atoms with E-state index in [4.69, 9.17) is 4.74 Å². The van der Waals surface area contributed by atoms with Gasteiger partial charge in [0.2, 0.25) is 5.91 Å². The second-order valence-corrected chi connectivity index (χ2v) is 7.89. The van der Waals surface area contributed by atoms with Crippen LogP contribution in [0.4, 0.5) is 5.69 Å². The molecule has 2 amide bonds. The second kappa shape index (κ2) is 11.0. The van der Waals surface area contributed by atoms with E-state index in [0.717, 1.165) is 10.8 Å². The van der Waals surface area contributed by atoms with E-state index in [9.17, 15) is 19.5 Å². The summed E-state index contributed by atoms with van der Waals surface area (Å²) in [6.45, 7) is 0. The fourth-order valence-corrected chi connectivity index (χ4v) is 3.69. The molecule has 0 heterocycles. The topological polar surface area (TPSA) is 105 Å². The number of nitrogens with one attached hydrogen (secondary N) is 2. The number of rotatable bonds is 9. The van der Waals surface area contributed by atoms with Crippen LogP contribution >= 0.6 is 0 Å². The van der Waals surface area contributed by atoms with E-state index in [1.165, 1.54) is 0 Å². The number of para-hydroxylation sites is 3. The number of carbonyl (C=O) groups excluding carboxylic acids is 2. The molecule has 0 fully saturated rings. The Balaban J connectivity index is 1.55. The van der Waals surface area contributed by atoms with Gasteiger partial charge in [0.05, 0.1) is 5.69 Å². The first-order chi connectivity index (χ1) is 17.0. The number of fused-ring (bicyclic) bond motifs is 1. The molecule has 3 N–H and O–H groups in total. The van der Waals surface area contributed by atoms with E-state index in [1.807, 2.05) is 48.5 Å². The lowest BCUT2D eigenvalue weighted by atomic mass is 10.0. The summed E-state index contributed by atoms with van der Waals surface area (Å²) in [5.74, 6) is -1.04. The van der Waals surface area contributed by atoms with Gasteiger partial charge in [0, 0.05) is 12.0 Å². The highest BCUT2D eigenvalue weighted by Crippen LogP contribution is 2.29. The van der Waals surface area contributed by atoms with Crippen molar-refractivity contribution in [3.63, 3.8) is 0 Å². The zero-order valence-electron chi connectivity index (χ0n) is 18.8. The van der Waals surface area contributed by atoms with Crippen molar-refractivity contribution in [2.24, 2.45) is 0 Å². The van der Waals surface area contributed by atoms with E-state index in [0.29, 0.717) is 22.7 Å². The third-order valence-corrected chi connectivity index (χ3v) is 5.42. The van der Waals surface area contributed by atoms with Gasteiger partial charge in [-0.15, -0.1) is 0 Å². The third kappa shape index (κ3) is 6.03. The minimum absolute atomic E-state index is 0.0701. The summed E-state index contributed by atoms with van der Waals surface area (Å²) in [5.41, 5.74) is 0.810. The number of anilines is 1. The summed E-state index contributed by atoms with van der Waals surface area (Å²) in [5, 5.41) is 16.3. The van der Waals surface area contributed by atoms with Crippen molar-refractivity contribution in [2.75, 3.05) is 5.32 Å². The van der Waals surface area contributed by atoms with Crippen molar-refractivity contribution in [2.45, 2.75) is 18.9 Å². The molecule has 4 rings (SSSR count). The molecule has 7 nitrogen and oxygen atoms in total. The molecule has 7 heteroatoms. The number of benzene rings is 4. The standard InChI is InChI=1S/C28H24N2O5/c31-26(32)18-17-24(30-27(33)22-14-8-10-19-9-4-5-13-21(19)22)28(34)29-23-15-6-7-16-25(23)35-20-11-2-1-3-12-20/h1-16,24H,17-18H2,(H,29,34)(H,30,33)(H,31,32)/t24-/m1/s1. The lowest BCUT2D eigenvalue weighted by Crippen LogP contribution is -2.44. The molecule has 4 aromatic rings. The quantitative estimate of drug-likeness (QED) is 0.312. The van der Waals surface area contributed by atoms with Crippen molar-refractivity contribution in [1.82, 2.24) is 5.32 Å². The molecule has 0 unspecified atom stereocenters. The zero-order chi connectivity index (χ0) is 24.6. The van der Waals surface area contributed by atoms with E-state index >= 15 is 0 Å². The molecule has 1 atom stereocenters. The Morgan fingerprint density at radius 2 is 1.49 bits per heavy atom. The average Bonchev–Trinajstić information content (AvgIpc) is 2.87. The number of carbonyl (C=O) groups is 3. The van der Waals surface area contributed by atoms with Crippen LogP contribution < -0.4 is 15.4 Å². The summed E-state index contributed by atoms with van der Waals surface area (Å²) >= 11 is 0. The minimum Gasteiger partial charge on any atom is -0.481 e. The van der Waals surface area contributed by atoms with Crippen LogP contribution in [0.15, 0.2) is 97.1 Å². The predicted molar refractivity (Wildman–Crippen MR) is 134 cm³/mol. The highest BCUT2D eigenvalue weighted by atomic mass is 16.5. The zero-order valence-corrected chi connectivity index (χ0v) is 18.8. The monoisotopic (exact) mass is 468 g/mol. The highest BCUT2D eigenvalue weighted by Gasteiger charge is 2.24. The van der Waals surface area contributed by atoms with Crippen molar-refractivity contribution in [3.8, 4) is 11.5 Å². The summed E-state index contributed by atoms with van der Waals surface area (Å²) in [7, 11) is 0. The van der Waals surface area contributed by atoms with E-state index < -0.39 is 23.8 Å². The number of amides is 2. The van der Waals surface area contributed by atoms with E-state index in [2.05, 4.69) is 10.6 Å². The second-order valence-electron chi connectivity index (χ2n) is 7.89. The summed E-state index contributed by atoms with van der Waals surface area (Å²) in [6, 6.07) is 27.7. The first-order valence-electron chi connectivity index (χ1n) is 11.1. The first kappa shape index (κ1) is 23.5. The maximum absolute atomic E-state index is 13.2. The SMILES string of the molecule is O=C(O)CC[C@@H](NC(=O)c1cccc2ccccc12)C(=O)Nc1ccccc1Oc1ccccc1. The molecule has 0 saturated carbocycles. The Labute approximate surface area is 202 Å². The minimum atomic E-state index is -1.07. The molecule has 0 spiro atoms. The Kier molecular flexibility index (Phi) is 7.37. The lowest BCUT2D eigenvalue weighted by Gasteiger charge is -2.19. The van der Waals surface area contributed by atoms with Crippen LogP contribution in [0.1, 0.15) is 23.2 Å². The molecular weight excluding hydrogens is 444 g/mol. The van der Waals surface area contributed by atoms with Gasteiger partial charge in [0.25, 0.3) is 5.91 Å². The average molecular weight is 469 g/mol. The number of ether oxygens (including phenoxy) is 1. The number of hydrogen-bond donors (Lipinski definition) is 3. The van der Waals surface area contributed by atoms with Crippen LogP contribution in [0.5, 0.6) is 11.5 Å². The molecule has 4 aromatic carbocycles. The Hall–Kier alpha value is -4.65. The maximum Gasteiger partial charge on any atom is 0.303 e. The number of hydrogen-bond acceptors (Lipinski definition) is 4. The van der Waals surface area contributed by atoms with Gasteiger partial charge < -0.3 is 20.5 Å². The van der Waals surface area contributed by atoms with Crippen LogP contribution in [0, 0.1) is 0 Å². The summed E-state index contributed by atoms with van der Waals surface area (Å²) in [4.78, 5) is 37.5. The number of carboxylic acid groups (broad SMARTS) is 1. The fraction of sp³-hybridized carbons (Fsp3) is 0.107. The van der Waals surface area contributed by atoms with Crippen molar-refractivity contribution < 1.29 is 24.2 Å². The van der Waals surface area contributed by atoms with Crippen LogP contribution in [-0.2, 0) is 9.59 Å². The van der Waals surface area contributed by atoms with Gasteiger partial charge in [-0.25, -0.2) is 0 Å². The van der Waals surface area contributed by atoms with Gasteiger partial charge in [0.1, 0.15) is 11.8 Å². The van der Waals surface area contributed by atoms with E-state index in [1.54, 1.807) is 48.5 Å². The first-order valence-corrected chi connectivity index (χ1v) is 11.1. The Morgan fingerprint density at radius 1 is 0.800 bits per heavy atom. The summed E-state index contributed by atoms with van der Waals surface area (Å²) in [6.07, 6.45) is -0.352. The molecule has 0 saturated heterocycles. The van der Waals surface area contributed by atoms with Gasteiger partial charge in [-0.2, -0.15) is 0 Å². The molecule has 0 aromatic heterocycles. The fourth-order valence-electron chi connectivity index (χ4n) is 3.69. The molecule has 176 valence electrons. The molecule has 0 bridgehead atoms. The lowest BCUT2D eigenvalue weighted by molar-refractivity contribution is -0.137. The normalized spacial score (nSPS) is 11.4. The van der Waals surface area contributed by atoms with E-state index in [-0.39, 0.29) is 12.8 Å². The van der Waals surface area contributed by atoms with Gasteiger partial charge in [0.15, 0.2) is 5.75 Å². The summed E-state index contributed by atoms with van der Waals surface area (Å²) < 4.78 is 5.89. The molecule has 35 heavy (non-hydrogen) atoms. The molecular formula is C28H24N2O5. The van der Waals surface area contributed by atoms with Gasteiger partial charge >= 0.3 is 5.97 Å². The number of aliphatic carboxylic acids is 1. The third-order valence-electron chi connectivity index (χ3n) is 5.42. The predicted octanol–water partition coefficient (Wildman–Crippen LogP) is 5.23. The van der Waals surface area contributed by atoms with Gasteiger partial charge in [-0.3, -0.25) is 14.4 Å². The van der Waals surface area contributed by atoms with Gasteiger partial charge in [-0.1, -0.05) is 66.7 Å². The molecule has 0 radical (unpaired) electrons. The van der Waals surface area contributed by atoms with Crippen molar-refractivity contribution in [1.29, 1.82) is 0 Å². The van der Waals surface area contributed by atoms with Crippen LogP contribution in [-0.4, -0.2) is 28.9 Å². The van der Waals surface area contributed by atoms with Crippen LogP contribution in [0.3, 0.4) is 0 Å². The smallest absolute Gasteiger partial charge is 0.303 e.